The Kier molecular flexibility index (Phi) is 5.89. The third-order valence-corrected chi connectivity index (χ3v) is 5.85. The van der Waals surface area contributed by atoms with Crippen LogP contribution in [0, 0.1) is 6.92 Å². The smallest absolute Gasteiger partial charge is 0.287 e. The maximum atomic E-state index is 12.9. The number of rotatable bonds is 5. The summed E-state index contributed by atoms with van der Waals surface area (Å²) in [6.07, 6.45) is 3.17. The topological polar surface area (TPSA) is 83.7 Å². The molecule has 2 N–H and O–H groups in total. The number of hydrogen-bond acceptors (Lipinski definition) is 4. The summed E-state index contributed by atoms with van der Waals surface area (Å²) in [5.74, 6) is 0.629. The number of carbonyl (C=O) groups is 2. The minimum atomic E-state index is -0.257. The zero-order valence-corrected chi connectivity index (χ0v) is 18.1. The lowest BCUT2D eigenvalue weighted by atomic mass is 9.93. The lowest BCUT2D eigenvalue weighted by Crippen LogP contribution is -2.32. The molecule has 0 bridgehead atoms. The van der Waals surface area contributed by atoms with E-state index in [-0.39, 0.29) is 17.9 Å². The molecule has 1 heterocycles. The van der Waals surface area contributed by atoms with E-state index >= 15 is 0 Å². The van der Waals surface area contributed by atoms with E-state index < -0.39 is 0 Å². The fraction of sp³-hybridized carbons (Fsp3) is 0.320. The quantitative estimate of drug-likeness (QED) is 0.588. The second kappa shape index (κ2) is 8.76. The molecule has 0 saturated carbocycles. The molecule has 1 aromatic heterocycles. The van der Waals surface area contributed by atoms with Crippen LogP contribution in [0.3, 0.4) is 0 Å². The van der Waals surface area contributed by atoms with Crippen molar-refractivity contribution in [1.82, 2.24) is 10.7 Å². The van der Waals surface area contributed by atoms with Crippen LogP contribution in [-0.4, -0.2) is 23.6 Å². The standard InChI is InChI=1S/C25H27N3O3/c1-4-15(2)26-25(30)23-16(3)22-20(13-8-14-21(22)31-23)27-28-24(29)19-12-7-10-17-9-5-6-11-18(17)19/h5-7,9-12,15H,4,8,13-14H2,1-3H3,(H,26,30)(H,28,29)/b27-20+. The van der Waals surface area contributed by atoms with E-state index in [1.807, 2.05) is 57.2 Å². The van der Waals surface area contributed by atoms with E-state index in [1.165, 1.54) is 0 Å². The second-order valence-electron chi connectivity index (χ2n) is 8.02. The first-order chi connectivity index (χ1) is 15.0. The molecule has 1 unspecified atom stereocenters. The Bertz CT molecular complexity index is 1170. The highest BCUT2D eigenvalue weighted by molar-refractivity contribution is 6.09. The number of nitrogens with zero attached hydrogens (tertiary/aromatic N) is 1. The Morgan fingerprint density at radius 3 is 2.68 bits per heavy atom. The summed E-state index contributed by atoms with van der Waals surface area (Å²) in [5, 5.41) is 9.29. The Balaban J connectivity index is 1.60. The number of hydrogen-bond donors (Lipinski definition) is 2. The number of aryl methyl sites for hydroxylation is 1. The third kappa shape index (κ3) is 4.10. The second-order valence-corrected chi connectivity index (χ2v) is 8.02. The van der Waals surface area contributed by atoms with Crippen LogP contribution in [0.15, 0.2) is 52.0 Å². The molecule has 0 fully saturated rings. The predicted molar refractivity (Wildman–Crippen MR) is 122 cm³/mol. The number of carbonyl (C=O) groups excluding carboxylic acids is 2. The van der Waals surface area contributed by atoms with Gasteiger partial charge in [-0.05, 0) is 49.9 Å². The largest absolute Gasteiger partial charge is 0.455 e. The van der Waals surface area contributed by atoms with Crippen molar-refractivity contribution in [3.8, 4) is 0 Å². The molecule has 0 aliphatic heterocycles. The number of amides is 2. The summed E-state index contributed by atoms with van der Waals surface area (Å²) in [6, 6.07) is 13.5. The molecule has 0 saturated heterocycles. The lowest BCUT2D eigenvalue weighted by Gasteiger charge is -2.14. The minimum absolute atomic E-state index is 0.0714. The van der Waals surface area contributed by atoms with Crippen LogP contribution in [0.2, 0.25) is 0 Å². The van der Waals surface area contributed by atoms with Crippen molar-refractivity contribution in [3.05, 3.63) is 70.7 Å². The highest BCUT2D eigenvalue weighted by Gasteiger charge is 2.28. The van der Waals surface area contributed by atoms with Crippen LogP contribution in [0.5, 0.6) is 0 Å². The average molecular weight is 418 g/mol. The highest BCUT2D eigenvalue weighted by atomic mass is 16.4. The van der Waals surface area contributed by atoms with Crippen LogP contribution in [0.4, 0.5) is 0 Å². The molecule has 0 radical (unpaired) electrons. The van der Waals surface area contributed by atoms with Gasteiger partial charge >= 0.3 is 0 Å². The van der Waals surface area contributed by atoms with Gasteiger partial charge in [0.15, 0.2) is 5.76 Å². The van der Waals surface area contributed by atoms with E-state index in [2.05, 4.69) is 15.8 Å². The molecule has 1 atom stereocenters. The van der Waals surface area contributed by atoms with Crippen molar-refractivity contribution in [2.45, 2.75) is 52.5 Å². The molecule has 4 rings (SSSR count). The monoisotopic (exact) mass is 417 g/mol. The number of furan rings is 1. The fourth-order valence-electron chi connectivity index (χ4n) is 3.99. The molecule has 160 valence electrons. The Morgan fingerprint density at radius 1 is 1.10 bits per heavy atom. The molecule has 2 amide bonds. The summed E-state index contributed by atoms with van der Waals surface area (Å²) in [4.78, 5) is 25.5. The van der Waals surface area contributed by atoms with Crippen molar-refractivity contribution in [2.24, 2.45) is 5.10 Å². The van der Waals surface area contributed by atoms with Gasteiger partial charge in [-0.15, -0.1) is 0 Å². The summed E-state index contributed by atoms with van der Waals surface area (Å²) < 4.78 is 5.92. The maximum Gasteiger partial charge on any atom is 0.287 e. The Hall–Kier alpha value is -3.41. The first-order valence-corrected chi connectivity index (χ1v) is 10.8. The maximum absolute atomic E-state index is 12.9. The molecule has 2 aromatic carbocycles. The van der Waals surface area contributed by atoms with E-state index in [9.17, 15) is 9.59 Å². The van der Waals surface area contributed by atoms with E-state index in [0.717, 1.165) is 59.1 Å². The zero-order chi connectivity index (χ0) is 22.0. The van der Waals surface area contributed by atoms with Gasteiger partial charge in [-0.3, -0.25) is 9.59 Å². The molecule has 6 heteroatoms. The summed E-state index contributed by atoms with van der Waals surface area (Å²) in [7, 11) is 0. The van der Waals surface area contributed by atoms with Crippen molar-refractivity contribution < 1.29 is 14.0 Å². The first-order valence-electron chi connectivity index (χ1n) is 10.8. The van der Waals surface area contributed by atoms with Crippen molar-refractivity contribution >= 4 is 28.3 Å². The number of nitrogens with one attached hydrogen (secondary N) is 2. The lowest BCUT2D eigenvalue weighted by molar-refractivity contribution is 0.0907. The van der Waals surface area contributed by atoms with Gasteiger partial charge in [0.1, 0.15) is 5.76 Å². The summed E-state index contributed by atoms with van der Waals surface area (Å²) in [6.45, 7) is 5.86. The van der Waals surface area contributed by atoms with Gasteiger partial charge in [0.2, 0.25) is 0 Å². The van der Waals surface area contributed by atoms with Gasteiger partial charge in [0.25, 0.3) is 11.8 Å². The number of hydrazone groups is 1. The van der Waals surface area contributed by atoms with Gasteiger partial charge in [0, 0.05) is 29.2 Å². The average Bonchev–Trinajstić information content (AvgIpc) is 3.14. The van der Waals surface area contributed by atoms with Crippen LogP contribution >= 0.6 is 0 Å². The van der Waals surface area contributed by atoms with Crippen LogP contribution in [-0.2, 0) is 6.42 Å². The van der Waals surface area contributed by atoms with Gasteiger partial charge in [-0.1, -0.05) is 43.3 Å². The fourth-order valence-corrected chi connectivity index (χ4v) is 3.99. The molecule has 31 heavy (non-hydrogen) atoms. The normalized spacial score (nSPS) is 15.5. The number of fused-ring (bicyclic) bond motifs is 2. The predicted octanol–water partition coefficient (Wildman–Crippen LogP) is 4.74. The molecular formula is C25H27N3O3. The van der Waals surface area contributed by atoms with Crippen LogP contribution in [0.1, 0.15) is 70.9 Å². The SMILES string of the molecule is CCC(C)NC(=O)c1oc2c(c1C)/C(=N/NC(=O)c1cccc3ccccc13)CCC2. The summed E-state index contributed by atoms with van der Waals surface area (Å²) >= 11 is 0. The van der Waals surface area contributed by atoms with Gasteiger partial charge in [0.05, 0.1) is 5.71 Å². The van der Waals surface area contributed by atoms with Gasteiger partial charge < -0.3 is 9.73 Å². The summed E-state index contributed by atoms with van der Waals surface area (Å²) in [5.41, 5.74) is 5.66. The Labute approximate surface area is 181 Å². The zero-order valence-electron chi connectivity index (χ0n) is 18.1. The van der Waals surface area contributed by atoms with Crippen molar-refractivity contribution in [1.29, 1.82) is 0 Å². The number of benzene rings is 2. The first kappa shape index (κ1) is 20.8. The van der Waals surface area contributed by atoms with Crippen molar-refractivity contribution in [3.63, 3.8) is 0 Å². The molecular weight excluding hydrogens is 390 g/mol. The molecule has 1 aliphatic rings. The molecule has 1 aliphatic carbocycles. The van der Waals surface area contributed by atoms with E-state index in [1.54, 1.807) is 6.07 Å². The van der Waals surface area contributed by atoms with Gasteiger partial charge in [-0.2, -0.15) is 5.10 Å². The van der Waals surface area contributed by atoms with Crippen LogP contribution < -0.4 is 10.7 Å². The van der Waals surface area contributed by atoms with Gasteiger partial charge in [-0.25, -0.2) is 5.43 Å². The molecule has 6 nitrogen and oxygen atoms in total. The third-order valence-electron chi connectivity index (χ3n) is 5.85. The van der Waals surface area contributed by atoms with E-state index in [0.29, 0.717) is 11.3 Å². The Morgan fingerprint density at radius 2 is 1.87 bits per heavy atom. The van der Waals surface area contributed by atoms with Crippen LogP contribution in [0.25, 0.3) is 10.8 Å². The van der Waals surface area contributed by atoms with Crippen molar-refractivity contribution in [2.75, 3.05) is 0 Å². The van der Waals surface area contributed by atoms with E-state index in [4.69, 9.17) is 4.42 Å². The highest BCUT2D eigenvalue weighted by Crippen LogP contribution is 2.30. The molecule has 3 aromatic rings. The minimum Gasteiger partial charge on any atom is -0.455 e. The molecule has 0 spiro atoms.